The number of aliphatic hydroxyl groups excluding tert-OH is 1. The van der Waals surface area contributed by atoms with E-state index < -0.39 is 11.0 Å². The Hall–Kier alpha value is -3.23. The Bertz CT molecular complexity index is 2070. The minimum absolute atomic E-state index is 0.0555. The molecule has 2 spiro atoms. The van der Waals surface area contributed by atoms with Crippen molar-refractivity contribution in [2.75, 3.05) is 12.4 Å². The van der Waals surface area contributed by atoms with Gasteiger partial charge < -0.3 is 14.9 Å². The average Bonchev–Trinajstić information content (AvgIpc) is 3.68. The average molecular weight is 718 g/mol. The zero-order valence-corrected chi connectivity index (χ0v) is 31.4. The number of nitrogens with zero attached hydrogens (tertiary/aromatic N) is 1. The van der Waals surface area contributed by atoms with Crippen molar-refractivity contribution >= 4 is 39.1 Å². The minimum atomic E-state index is -0.897. The van der Waals surface area contributed by atoms with Crippen LogP contribution in [0.15, 0.2) is 101 Å². The molecule has 51 heavy (non-hydrogen) atoms. The Morgan fingerprint density at radius 1 is 0.922 bits per heavy atom. The number of hydrogen-bond donors (Lipinski definition) is 2. The molecule has 8 unspecified atom stereocenters. The topological polar surface area (TPSA) is 79.7 Å². The van der Waals surface area contributed by atoms with Gasteiger partial charge in [0, 0.05) is 33.1 Å². The quantitative estimate of drug-likeness (QED) is 0.107. The highest BCUT2D eigenvalue weighted by atomic mass is 32.2. The van der Waals surface area contributed by atoms with Crippen LogP contribution in [0.1, 0.15) is 76.1 Å². The van der Waals surface area contributed by atoms with Crippen molar-refractivity contribution < 1.29 is 19.7 Å². The van der Waals surface area contributed by atoms with Crippen LogP contribution in [0.5, 0.6) is 5.75 Å². The SMILES string of the molecule is CCOc1ccc2nc(SCC3(O)CCC4C56C=CC7(C=C5C(=O)c5ccc(-c8ccccc8)cc5)CC(O)CCC7(C)C6CCC43C)sc2c1. The molecule has 3 aromatic carbocycles. The molecule has 5 nitrogen and oxygen atoms in total. The first kappa shape index (κ1) is 33.6. The molecule has 264 valence electrons. The third kappa shape index (κ3) is 4.80. The first-order valence-corrected chi connectivity index (χ1v) is 20.5. The monoisotopic (exact) mass is 717 g/mol. The fourth-order valence-electron chi connectivity index (χ4n) is 11.6. The van der Waals surface area contributed by atoms with Crippen LogP contribution in [0.2, 0.25) is 0 Å². The number of thiazole rings is 1. The van der Waals surface area contributed by atoms with Crippen LogP contribution in [-0.4, -0.2) is 45.0 Å². The number of carbonyl (C=O) groups excluding carboxylic acids is 1. The van der Waals surface area contributed by atoms with E-state index in [4.69, 9.17) is 9.72 Å². The fourth-order valence-corrected chi connectivity index (χ4v) is 14.0. The van der Waals surface area contributed by atoms with Gasteiger partial charge in [-0.1, -0.05) is 98.4 Å². The molecule has 0 saturated heterocycles. The molecule has 3 saturated carbocycles. The lowest BCUT2D eigenvalue weighted by Crippen LogP contribution is -2.67. The summed E-state index contributed by atoms with van der Waals surface area (Å²) in [6, 6.07) is 24.5. The van der Waals surface area contributed by atoms with Crippen LogP contribution in [0.3, 0.4) is 0 Å². The maximum atomic E-state index is 15.0. The van der Waals surface area contributed by atoms with E-state index in [1.807, 2.05) is 49.4 Å². The number of allylic oxidation sites excluding steroid dienone is 4. The maximum absolute atomic E-state index is 15.0. The van der Waals surface area contributed by atoms with E-state index in [2.05, 4.69) is 62.4 Å². The molecule has 2 bridgehead atoms. The largest absolute Gasteiger partial charge is 0.494 e. The van der Waals surface area contributed by atoms with Gasteiger partial charge in [-0.15, -0.1) is 11.3 Å². The molecule has 3 fully saturated rings. The van der Waals surface area contributed by atoms with Crippen LogP contribution < -0.4 is 4.74 Å². The second-order valence-corrected chi connectivity index (χ2v) is 18.7. The lowest BCUT2D eigenvalue weighted by atomic mass is 9.32. The summed E-state index contributed by atoms with van der Waals surface area (Å²) in [4.78, 5) is 19.9. The second-order valence-electron chi connectivity index (χ2n) is 16.4. The smallest absolute Gasteiger partial charge is 0.189 e. The molecule has 10 rings (SSSR count). The third-order valence-corrected chi connectivity index (χ3v) is 16.7. The first-order chi connectivity index (χ1) is 24.5. The first-order valence-electron chi connectivity index (χ1n) is 18.7. The number of aromatic nitrogens is 1. The van der Waals surface area contributed by atoms with Crippen LogP contribution in [-0.2, 0) is 0 Å². The van der Waals surface area contributed by atoms with Gasteiger partial charge in [0.1, 0.15) is 5.75 Å². The number of rotatable bonds is 8. The lowest BCUT2D eigenvalue weighted by Gasteiger charge is -2.71. The Morgan fingerprint density at radius 2 is 1.65 bits per heavy atom. The highest BCUT2D eigenvalue weighted by Gasteiger charge is 2.74. The molecule has 6 aliphatic carbocycles. The number of ether oxygens (including phenoxy) is 1. The van der Waals surface area contributed by atoms with Gasteiger partial charge >= 0.3 is 0 Å². The number of aliphatic hydroxyl groups is 2. The zero-order valence-electron chi connectivity index (χ0n) is 29.7. The number of Topliss-reactive ketones (excluding diaryl/α,β-unsaturated/α-hetero) is 1. The highest BCUT2D eigenvalue weighted by molar-refractivity contribution is 8.01. The van der Waals surface area contributed by atoms with E-state index in [9.17, 15) is 10.2 Å². The fraction of sp³-hybridized carbons (Fsp3) is 0.455. The number of thioether (sulfide) groups is 1. The predicted octanol–water partition coefficient (Wildman–Crippen LogP) is 9.93. The van der Waals surface area contributed by atoms with Gasteiger partial charge in [0.05, 0.1) is 28.5 Å². The highest BCUT2D eigenvalue weighted by Crippen LogP contribution is 2.78. The summed E-state index contributed by atoms with van der Waals surface area (Å²) in [5.41, 5.74) is 2.65. The predicted molar refractivity (Wildman–Crippen MR) is 206 cm³/mol. The Balaban J connectivity index is 1.08. The molecule has 1 heterocycles. The van der Waals surface area contributed by atoms with Crippen molar-refractivity contribution in [3.8, 4) is 16.9 Å². The summed E-state index contributed by atoms with van der Waals surface area (Å²) in [5.74, 6) is 1.92. The summed E-state index contributed by atoms with van der Waals surface area (Å²) in [7, 11) is 0. The normalized spacial score (nSPS) is 36.3. The van der Waals surface area contributed by atoms with Crippen molar-refractivity contribution in [1.82, 2.24) is 4.98 Å². The van der Waals surface area contributed by atoms with Gasteiger partial charge in [-0.2, -0.15) is 0 Å². The number of carbonyl (C=O) groups is 1. The number of ketones is 1. The second kappa shape index (κ2) is 11.9. The van der Waals surface area contributed by atoms with E-state index in [0.29, 0.717) is 30.8 Å². The lowest BCUT2D eigenvalue weighted by molar-refractivity contribution is -0.166. The van der Waals surface area contributed by atoms with Crippen molar-refractivity contribution in [2.45, 2.75) is 81.8 Å². The van der Waals surface area contributed by atoms with Crippen LogP contribution in [0, 0.1) is 33.5 Å². The maximum Gasteiger partial charge on any atom is 0.189 e. The van der Waals surface area contributed by atoms with Crippen LogP contribution in [0.4, 0.5) is 0 Å². The standard InChI is InChI=1S/C44H47NO4S2/c1-4-49-32-14-15-34-35(24-32)51-39(45-34)50-27-43(48)21-18-37-41(43,3)20-17-36-40(2)19-16-31(46)25-42(40)22-23-44(36,37)33(26-42)38(47)30-12-10-29(11-13-30)28-8-6-5-7-9-28/h5-15,22-24,26,31,36-37,46,48H,4,16-21,25,27H2,1-3H3. The summed E-state index contributed by atoms with van der Waals surface area (Å²) >= 11 is 3.33. The molecular weight excluding hydrogens is 671 g/mol. The van der Waals surface area contributed by atoms with Crippen molar-refractivity contribution in [2.24, 2.45) is 33.5 Å². The summed E-state index contributed by atoms with van der Waals surface area (Å²) in [6.45, 7) is 7.38. The Kier molecular flexibility index (Phi) is 7.83. The third-order valence-electron chi connectivity index (χ3n) is 14.3. The summed E-state index contributed by atoms with van der Waals surface area (Å²) < 4.78 is 7.79. The molecule has 8 atom stereocenters. The molecule has 1 aromatic heterocycles. The molecule has 4 aromatic rings. The van der Waals surface area contributed by atoms with E-state index in [-0.39, 0.29) is 40.0 Å². The number of benzene rings is 3. The van der Waals surface area contributed by atoms with Crippen LogP contribution in [0.25, 0.3) is 21.3 Å². The molecule has 7 heteroatoms. The summed E-state index contributed by atoms with van der Waals surface area (Å²) in [6.07, 6.45) is 12.6. The molecule has 6 aliphatic rings. The van der Waals surface area contributed by atoms with E-state index >= 15 is 4.79 Å². The molecule has 0 radical (unpaired) electrons. The Morgan fingerprint density at radius 3 is 2.43 bits per heavy atom. The van der Waals surface area contributed by atoms with Gasteiger partial charge in [0.25, 0.3) is 0 Å². The van der Waals surface area contributed by atoms with Gasteiger partial charge in [-0.25, -0.2) is 4.98 Å². The molecule has 0 aliphatic heterocycles. The van der Waals surface area contributed by atoms with Gasteiger partial charge in [-0.05, 0) is 98.4 Å². The summed E-state index contributed by atoms with van der Waals surface area (Å²) in [5, 5.41) is 23.8. The van der Waals surface area contributed by atoms with E-state index in [0.717, 1.165) is 69.1 Å². The van der Waals surface area contributed by atoms with Crippen LogP contribution >= 0.6 is 23.1 Å². The zero-order chi connectivity index (χ0) is 35.2. The number of hydrogen-bond acceptors (Lipinski definition) is 7. The van der Waals surface area contributed by atoms with E-state index in [1.54, 1.807) is 23.1 Å². The number of fused-ring (bicyclic) bond motifs is 2. The van der Waals surface area contributed by atoms with Gasteiger partial charge in [0.2, 0.25) is 0 Å². The van der Waals surface area contributed by atoms with Gasteiger partial charge in [-0.3, -0.25) is 4.79 Å². The van der Waals surface area contributed by atoms with Crippen molar-refractivity contribution in [1.29, 1.82) is 0 Å². The molecule has 2 N–H and O–H groups in total. The van der Waals surface area contributed by atoms with E-state index in [1.165, 1.54) is 0 Å². The van der Waals surface area contributed by atoms with Crippen molar-refractivity contribution in [3.05, 3.63) is 102 Å². The molecular formula is C44H47NO4S2. The van der Waals surface area contributed by atoms with Gasteiger partial charge in [0.15, 0.2) is 10.1 Å². The van der Waals surface area contributed by atoms with Crippen molar-refractivity contribution in [3.63, 3.8) is 0 Å². The minimum Gasteiger partial charge on any atom is -0.494 e. The molecule has 0 amide bonds. The Labute approximate surface area is 309 Å².